The van der Waals surface area contributed by atoms with Gasteiger partial charge in [-0.25, -0.2) is 0 Å². The summed E-state index contributed by atoms with van der Waals surface area (Å²) in [6, 6.07) is 6.89. The second kappa shape index (κ2) is 5.24. The van der Waals surface area contributed by atoms with Gasteiger partial charge >= 0.3 is 0 Å². The van der Waals surface area contributed by atoms with Crippen molar-refractivity contribution in [1.82, 2.24) is 9.80 Å². The first-order chi connectivity index (χ1) is 10.0. The normalized spacial score (nSPS) is 20.4. The third-order valence-electron chi connectivity index (χ3n) is 4.36. The van der Waals surface area contributed by atoms with Crippen molar-refractivity contribution in [2.45, 2.75) is 31.3 Å². The predicted molar refractivity (Wildman–Crippen MR) is 77.9 cm³/mol. The smallest absolute Gasteiger partial charge is 0.262 e. The molecular weight excluding hydrogens is 268 g/mol. The van der Waals surface area contributed by atoms with E-state index in [2.05, 4.69) is 0 Å². The minimum atomic E-state index is -0.673. The van der Waals surface area contributed by atoms with Crippen LogP contribution in [0.15, 0.2) is 24.3 Å². The molecule has 3 rings (SSSR count). The number of nitrogens with zero attached hydrogens (tertiary/aromatic N) is 2. The number of likely N-dealkylation sites (N-methyl/N-ethyl adjacent to an activating group) is 1. The molecule has 1 aliphatic heterocycles. The number of rotatable bonds is 4. The molecule has 1 aliphatic carbocycles. The van der Waals surface area contributed by atoms with Crippen molar-refractivity contribution in [3.8, 4) is 0 Å². The lowest BCUT2D eigenvalue weighted by Gasteiger charge is -2.30. The van der Waals surface area contributed by atoms with Crippen LogP contribution >= 0.6 is 0 Å². The molecule has 5 nitrogen and oxygen atoms in total. The van der Waals surface area contributed by atoms with Crippen LogP contribution in [0.4, 0.5) is 0 Å². The van der Waals surface area contributed by atoms with Gasteiger partial charge in [0, 0.05) is 6.54 Å². The van der Waals surface area contributed by atoms with E-state index in [1.807, 2.05) is 11.9 Å². The summed E-state index contributed by atoms with van der Waals surface area (Å²) < 4.78 is 0. The lowest BCUT2D eigenvalue weighted by molar-refractivity contribution is 0.00390. The van der Waals surface area contributed by atoms with Crippen LogP contribution in [0.3, 0.4) is 0 Å². The molecule has 0 saturated heterocycles. The van der Waals surface area contributed by atoms with Crippen LogP contribution < -0.4 is 0 Å². The molecule has 21 heavy (non-hydrogen) atoms. The average molecular weight is 288 g/mol. The molecule has 0 atom stereocenters. The topological polar surface area (TPSA) is 60.9 Å². The molecule has 1 aromatic carbocycles. The molecule has 2 aliphatic rings. The molecule has 5 heteroatoms. The highest BCUT2D eigenvalue weighted by atomic mass is 16.3. The van der Waals surface area contributed by atoms with Gasteiger partial charge in [-0.3, -0.25) is 19.4 Å². The highest BCUT2D eigenvalue weighted by Crippen LogP contribution is 2.30. The van der Waals surface area contributed by atoms with E-state index in [1.165, 1.54) is 4.90 Å². The maximum Gasteiger partial charge on any atom is 0.262 e. The Bertz CT molecular complexity index is 544. The molecule has 1 N–H and O–H groups in total. The maximum absolute atomic E-state index is 12.3. The lowest BCUT2D eigenvalue weighted by atomic mass is 10.0. The maximum atomic E-state index is 12.3. The molecule has 1 saturated carbocycles. The van der Waals surface area contributed by atoms with E-state index in [0.717, 1.165) is 25.7 Å². The molecule has 1 heterocycles. The Morgan fingerprint density at radius 3 is 2.19 bits per heavy atom. The van der Waals surface area contributed by atoms with Crippen LogP contribution in [-0.4, -0.2) is 52.6 Å². The van der Waals surface area contributed by atoms with Gasteiger partial charge in [0.15, 0.2) is 0 Å². The molecule has 0 bridgehead atoms. The van der Waals surface area contributed by atoms with E-state index in [1.54, 1.807) is 24.3 Å². The fraction of sp³-hybridized carbons (Fsp3) is 0.500. The summed E-state index contributed by atoms with van der Waals surface area (Å²) in [7, 11) is 1.83. The molecule has 0 spiro atoms. The third kappa shape index (κ3) is 2.59. The van der Waals surface area contributed by atoms with Crippen molar-refractivity contribution in [2.24, 2.45) is 0 Å². The Morgan fingerprint density at radius 1 is 1.14 bits per heavy atom. The number of hydrogen-bond acceptors (Lipinski definition) is 4. The van der Waals surface area contributed by atoms with Crippen molar-refractivity contribution in [1.29, 1.82) is 0 Å². The number of aliphatic hydroxyl groups is 1. The number of amides is 2. The Hall–Kier alpha value is -1.72. The van der Waals surface area contributed by atoms with Gasteiger partial charge in [-0.1, -0.05) is 25.0 Å². The van der Waals surface area contributed by atoms with E-state index in [-0.39, 0.29) is 18.5 Å². The van der Waals surface area contributed by atoms with Gasteiger partial charge in [0.25, 0.3) is 11.8 Å². The van der Waals surface area contributed by atoms with Gasteiger partial charge in [-0.05, 0) is 32.0 Å². The second-order valence-electron chi connectivity index (χ2n) is 6.17. The fourth-order valence-corrected chi connectivity index (χ4v) is 3.35. The van der Waals surface area contributed by atoms with Crippen LogP contribution in [0, 0.1) is 0 Å². The largest absolute Gasteiger partial charge is 0.389 e. The van der Waals surface area contributed by atoms with Crippen molar-refractivity contribution in [3.63, 3.8) is 0 Å². The number of fused-ring (bicyclic) bond motifs is 1. The van der Waals surface area contributed by atoms with E-state index < -0.39 is 5.60 Å². The quantitative estimate of drug-likeness (QED) is 0.853. The Balaban J connectivity index is 1.69. The second-order valence-corrected chi connectivity index (χ2v) is 6.17. The molecule has 0 unspecified atom stereocenters. The standard InChI is InChI=1S/C16H20N2O3/c1-17(10-16(21)8-4-5-9-16)11-18-14(19)12-6-2-3-7-13(12)15(18)20/h2-3,6-7,21H,4-5,8-11H2,1H3. The Kier molecular flexibility index (Phi) is 3.55. The molecule has 0 radical (unpaired) electrons. The Morgan fingerprint density at radius 2 is 1.67 bits per heavy atom. The van der Waals surface area contributed by atoms with Crippen molar-refractivity contribution in [3.05, 3.63) is 35.4 Å². The van der Waals surface area contributed by atoms with Crippen LogP contribution in [0.2, 0.25) is 0 Å². The number of carbonyl (C=O) groups excluding carboxylic acids is 2. The zero-order valence-corrected chi connectivity index (χ0v) is 12.2. The molecule has 0 aromatic heterocycles. The summed E-state index contributed by atoms with van der Waals surface area (Å²) in [4.78, 5) is 27.7. The van der Waals surface area contributed by atoms with Crippen molar-refractivity contribution < 1.29 is 14.7 Å². The van der Waals surface area contributed by atoms with Gasteiger partial charge < -0.3 is 5.11 Å². The highest BCUT2D eigenvalue weighted by molar-refractivity contribution is 6.21. The molecule has 1 fully saturated rings. The SMILES string of the molecule is CN(CN1C(=O)c2ccccc2C1=O)CC1(O)CCCC1. The predicted octanol–water partition coefficient (Wildman–Crippen LogP) is 1.48. The summed E-state index contributed by atoms with van der Waals surface area (Å²) in [6.07, 6.45) is 3.66. The zero-order chi connectivity index (χ0) is 15.0. The molecule has 2 amide bonds. The van der Waals surface area contributed by atoms with Crippen LogP contribution in [0.25, 0.3) is 0 Å². The first-order valence-corrected chi connectivity index (χ1v) is 7.36. The van der Waals surface area contributed by atoms with Gasteiger partial charge in [-0.2, -0.15) is 0 Å². The van der Waals surface area contributed by atoms with Gasteiger partial charge in [0.1, 0.15) is 0 Å². The van der Waals surface area contributed by atoms with Crippen LogP contribution in [0.5, 0.6) is 0 Å². The van der Waals surface area contributed by atoms with Gasteiger partial charge in [-0.15, -0.1) is 0 Å². The van der Waals surface area contributed by atoms with Crippen molar-refractivity contribution >= 4 is 11.8 Å². The lowest BCUT2D eigenvalue weighted by Crippen LogP contribution is -2.46. The van der Waals surface area contributed by atoms with E-state index in [0.29, 0.717) is 17.7 Å². The molecule has 112 valence electrons. The van der Waals surface area contributed by atoms with Gasteiger partial charge in [0.2, 0.25) is 0 Å². The minimum absolute atomic E-state index is 0.217. The molecular formula is C16H20N2O3. The fourth-order valence-electron chi connectivity index (χ4n) is 3.35. The monoisotopic (exact) mass is 288 g/mol. The number of carbonyl (C=O) groups is 2. The summed E-state index contributed by atoms with van der Waals surface area (Å²) in [5, 5.41) is 10.4. The van der Waals surface area contributed by atoms with E-state index >= 15 is 0 Å². The summed E-state index contributed by atoms with van der Waals surface area (Å²) >= 11 is 0. The average Bonchev–Trinajstić information content (AvgIpc) is 2.97. The number of benzene rings is 1. The van der Waals surface area contributed by atoms with E-state index in [4.69, 9.17) is 0 Å². The highest BCUT2D eigenvalue weighted by Gasteiger charge is 2.37. The first kappa shape index (κ1) is 14.2. The minimum Gasteiger partial charge on any atom is -0.389 e. The van der Waals surface area contributed by atoms with Crippen LogP contribution in [-0.2, 0) is 0 Å². The number of hydrogen-bond donors (Lipinski definition) is 1. The van der Waals surface area contributed by atoms with Crippen molar-refractivity contribution in [2.75, 3.05) is 20.3 Å². The first-order valence-electron chi connectivity index (χ1n) is 7.36. The summed E-state index contributed by atoms with van der Waals surface area (Å²) in [5.41, 5.74) is 0.263. The number of imide groups is 1. The Labute approximate surface area is 124 Å². The third-order valence-corrected chi connectivity index (χ3v) is 4.36. The molecule has 1 aromatic rings. The van der Waals surface area contributed by atoms with E-state index in [9.17, 15) is 14.7 Å². The summed E-state index contributed by atoms with van der Waals surface area (Å²) in [6.45, 7) is 0.703. The zero-order valence-electron chi connectivity index (χ0n) is 12.2. The summed E-state index contributed by atoms with van der Waals surface area (Å²) in [5.74, 6) is -0.498. The van der Waals surface area contributed by atoms with Crippen LogP contribution in [0.1, 0.15) is 46.4 Å². The van der Waals surface area contributed by atoms with Gasteiger partial charge in [0.05, 0.1) is 23.4 Å².